The summed E-state index contributed by atoms with van der Waals surface area (Å²) in [4.78, 5) is 4.23. The third-order valence-electron chi connectivity index (χ3n) is 3.08. The normalized spacial score (nSPS) is 11.4. The van der Waals surface area contributed by atoms with Gasteiger partial charge < -0.3 is 15.4 Å². The van der Waals surface area contributed by atoms with Crippen LogP contribution in [0.2, 0.25) is 0 Å². The minimum absolute atomic E-state index is 0.797. The van der Waals surface area contributed by atoms with Crippen molar-refractivity contribution in [2.75, 3.05) is 27.3 Å². The van der Waals surface area contributed by atoms with Crippen LogP contribution in [-0.2, 0) is 11.3 Å². The molecule has 0 amide bonds. The summed E-state index contributed by atoms with van der Waals surface area (Å²) in [6, 6.07) is 8.50. The van der Waals surface area contributed by atoms with Crippen molar-refractivity contribution < 1.29 is 4.74 Å². The summed E-state index contributed by atoms with van der Waals surface area (Å²) < 4.78 is 5.03. The van der Waals surface area contributed by atoms with Gasteiger partial charge >= 0.3 is 0 Å². The number of methoxy groups -OCH3 is 1. The number of benzene rings is 1. The van der Waals surface area contributed by atoms with Gasteiger partial charge in [0.05, 0.1) is 0 Å². The molecule has 1 rings (SSSR count). The molecule has 0 saturated carbocycles. The lowest BCUT2D eigenvalue weighted by atomic mass is 10.1. The van der Waals surface area contributed by atoms with Crippen LogP contribution >= 0.6 is 0 Å². The standard InChI is InChI=1S/C16H27N3O/c1-14-8-7-9-15(12-14)13-19-16(17-2)18-10-5-4-6-11-20-3/h7-9,12H,4-6,10-11,13H2,1-3H3,(H2,17,18,19). The Kier molecular flexibility index (Phi) is 8.47. The molecule has 112 valence electrons. The molecule has 0 aliphatic carbocycles. The fourth-order valence-electron chi connectivity index (χ4n) is 1.98. The van der Waals surface area contributed by atoms with E-state index < -0.39 is 0 Å². The first-order valence-corrected chi connectivity index (χ1v) is 7.25. The van der Waals surface area contributed by atoms with Crippen molar-refractivity contribution in [1.82, 2.24) is 10.6 Å². The van der Waals surface area contributed by atoms with E-state index >= 15 is 0 Å². The van der Waals surface area contributed by atoms with Crippen LogP contribution in [0.25, 0.3) is 0 Å². The van der Waals surface area contributed by atoms with E-state index in [0.717, 1.165) is 38.5 Å². The number of ether oxygens (including phenoxy) is 1. The van der Waals surface area contributed by atoms with E-state index in [9.17, 15) is 0 Å². The Balaban J connectivity index is 2.20. The molecule has 1 aromatic carbocycles. The maximum atomic E-state index is 5.03. The number of rotatable bonds is 8. The highest BCUT2D eigenvalue weighted by Gasteiger charge is 1.98. The molecular formula is C16H27N3O. The molecule has 20 heavy (non-hydrogen) atoms. The Bertz CT molecular complexity index is 404. The number of hydrogen-bond acceptors (Lipinski definition) is 2. The van der Waals surface area contributed by atoms with Crippen LogP contribution in [0, 0.1) is 6.92 Å². The van der Waals surface area contributed by atoms with E-state index in [1.165, 1.54) is 17.5 Å². The van der Waals surface area contributed by atoms with E-state index in [2.05, 4.69) is 46.8 Å². The molecule has 0 aliphatic rings. The largest absolute Gasteiger partial charge is 0.385 e. The summed E-state index contributed by atoms with van der Waals surface area (Å²) in [5, 5.41) is 6.66. The second kappa shape index (κ2) is 10.3. The monoisotopic (exact) mass is 277 g/mol. The second-order valence-corrected chi connectivity index (χ2v) is 4.90. The first-order valence-electron chi connectivity index (χ1n) is 7.25. The van der Waals surface area contributed by atoms with E-state index in [4.69, 9.17) is 4.74 Å². The Morgan fingerprint density at radius 3 is 2.75 bits per heavy atom. The molecule has 0 unspecified atom stereocenters. The van der Waals surface area contributed by atoms with Gasteiger partial charge in [-0.25, -0.2) is 0 Å². The van der Waals surface area contributed by atoms with E-state index in [-0.39, 0.29) is 0 Å². The lowest BCUT2D eigenvalue weighted by molar-refractivity contribution is 0.192. The van der Waals surface area contributed by atoms with Crippen molar-refractivity contribution in [3.63, 3.8) is 0 Å². The highest BCUT2D eigenvalue weighted by atomic mass is 16.5. The summed E-state index contributed by atoms with van der Waals surface area (Å²) in [6.07, 6.45) is 3.43. The molecule has 0 fully saturated rings. The van der Waals surface area contributed by atoms with Crippen LogP contribution in [-0.4, -0.2) is 33.3 Å². The third kappa shape index (κ3) is 7.14. The number of aryl methyl sites for hydroxylation is 1. The summed E-state index contributed by atoms with van der Waals surface area (Å²) in [5.74, 6) is 0.859. The van der Waals surface area contributed by atoms with Crippen molar-refractivity contribution in [3.05, 3.63) is 35.4 Å². The Morgan fingerprint density at radius 1 is 1.20 bits per heavy atom. The minimum atomic E-state index is 0.797. The van der Waals surface area contributed by atoms with Gasteiger partial charge in [-0.2, -0.15) is 0 Å². The topological polar surface area (TPSA) is 45.7 Å². The minimum Gasteiger partial charge on any atom is -0.385 e. The molecule has 4 nitrogen and oxygen atoms in total. The van der Waals surface area contributed by atoms with Crippen LogP contribution in [0.3, 0.4) is 0 Å². The zero-order valence-electron chi connectivity index (χ0n) is 12.9. The zero-order chi connectivity index (χ0) is 14.6. The van der Waals surface area contributed by atoms with Gasteiger partial charge in [0.25, 0.3) is 0 Å². The molecule has 0 aromatic heterocycles. The highest BCUT2D eigenvalue weighted by molar-refractivity contribution is 5.79. The molecular weight excluding hydrogens is 250 g/mol. The van der Waals surface area contributed by atoms with Gasteiger partial charge in [0.15, 0.2) is 5.96 Å². The maximum absolute atomic E-state index is 5.03. The van der Waals surface area contributed by atoms with Crippen molar-refractivity contribution in [2.24, 2.45) is 4.99 Å². The average Bonchev–Trinajstić information content (AvgIpc) is 2.46. The Hall–Kier alpha value is -1.55. The Labute approximate surface area is 122 Å². The van der Waals surface area contributed by atoms with Gasteiger partial charge in [0, 0.05) is 33.9 Å². The molecule has 4 heteroatoms. The average molecular weight is 277 g/mol. The van der Waals surface area contributed by atoms with Crippen molar-refractivity contribution >= 4 is 5.96 Å². The summed E-state index contributed by atoms with van der Waals surface area (Å²) in [7, 11) is 3.55. The van der Waals surface area contributed by atoms with Crippen LogP contribution in [0.5, 0.6) is 0 Å². The molecule has 2 N–H and O–H groups in total. The number of nitrogens with one attached hydrogen (secondary N) is 2. The fraction of sp³-hybridized carbons (Fsp3) is 0.562. The van der Waals surface area contributed by atoms with Crippen LogP contribution in [0.15, 0.2) is 29.3 Å². The first kappa shape index (κ1) is 16.5. The van der Waals surface area contributed by atoms with Crippen molar-refractivity contribution in [3.8, 4) is 0 Å². The Morgan fingerprint density at radius 2 is 2.05 bits per heavy atom. The predicted octanol–water partition coefficient (Wildman–Crippen LogP) is 2.48. The predicted molar refractivity (Wildman–Crippen MR) is 85.1 cm³/mol. The quantitative estimate of drug-likeness (QED) is 0.436. The van der Waals surface area contributed by atoms with Crippen LogP contribution < -0.4 is 10.6 Å². The third-order valence-corrected chi connectivity index (χ3v) is 3.08. The van der Waals surface area contributed by atoms with Gasteiger partial charge in [0.2, 0.25) is 0 Å². The van der Waals surface area contributed by atoms with Crippen LogP contribution in [0.4, 0.5) is 0 Å². The number of unbranched alkanes of at least 4 members (excludes halogenated alkanes) is 2. The molecule has 0 bridgehead atoms. The molecule has 0 heterocycles. The summed E-state index contributed by atoms with van der Waals surface area (Å²) >= 11 is 0. The molecule has 0 aliphatic heterocycles. The summed E-state index contributed by atoms with van der Waals surface area (Å²) in [6.45, 7) is 4.69. The summed E-state index contributed by atoms with van der Waals surface area (Å²) in [5.41, 5.74) is 2.55. The van der Waals surface area contributed by atoms with E-state index in [0.29, 0.717) is 0 Å². The molecule has 0 atom stereocenters. The lowest BCUT2D eigenvalue weighted by Gasteiger charge is -2.12. The SMILES string of the molecule is CN=C(NCCCCCOC)NCc1cccc(C)c1. The van der Waals surface area contributed by atoms with Gasteiger partial charge in [-0.15, -0.1) is 0 Å². The van der Waals surface area contributed by atoms with Crippen molar-refractivity contribution in [1.29, 1.82) is 0 Å². The first-order chi connectivity index (χ1) is 9.76. The van der Waals surface area contributed by atoms with Crippen molar-refractivity contribution in [2.45, 2.75) is 32.7 Å². The van der Waals surface area contributed by atoms with Gasteiger partial charge in [-0.3, -0.25) is 4.99 Å². The highest BCUT2D eigenvalue weighted by Crippen LogP contribution is 2.03. The smallest absolute Gasteiger partial charge is 0.191 e. The van der Waals surface area contributed by atoms with E-state index in [1.807, 2.05) is 0 Å². The molecule has 1 aromatic rings. The lowest BCUT2D eigenvalue weighted by Crippen LogP contribution is -2.37. The molecule has 0 saturated heterocycles. The number of guanidine groups is 1. The molecule has 0 spiro atoms. The van der Waals surface area contributed by atoms with Gasteiger partial charge in [0.1, 0.15) is 0 Å². The van der Waals surface area contributed by atoms with Gasteiger partial charge in [-0.05, 0) is 31.7 Å². The number of aliphatic imine (C=N–C) groups is 1. The van der Waals surface area contributed by atoms with E-state index in [1.54, 1.807) is 14.2 Å². The number of nitrogens with zero attached hydrogens (tertiary/aromatic N) is 1. The second-order valence-electron chi connectivity index (χ2n) is 4.90. The fourth-order valence-corrected chi connectivity index (χ4v) is 1.98. The maximum Gasteiger partial charge on any atom is 0.191 e. The molecule has 0 radical (unpaired) electrons. The van der Waals surface area contributed by atoms with Crippen LogP contribution in [0.1, 0.15) is 30.4 Å². The zero-order valence-corrected chi connectivity index (χ0v) is 12.9. The van der Waals surface area contributed by atoms with Gasteiger partial charge in [-0.1, -0.05) is 29.8 Å². The number of hydrogen-bond donors (Lipinski definition) is 2.